The highest BCUT2D eigenvalue weighted by molar-refractivity contribution is 5.99. The summed E-state index contributed by atoms with van der Waals surface area (Å²) in [6.07, 6.45) is 3.50. The van der Waals surface area contributed by atoms with Crippen LogP contribution in [0.2, 0.25) is 0 Å². The molecule has 1 aromatic carbocycles. The zero-order valence-electron chi connectivity index (χ0n) is 22.1. The van der Waals surface area contributed by atoms with Crippen LogP contribution in [0.3, 0.4) is 0 Å². The number of pyridine rings is 1. The Morgan fingerprint density at radius 3 is 2.66 bits per heavy atom. The van der Waals surface area contributed by atoms with Crippen LogP contribution in [0.4, 0.5) is 14.9 Å². The number of carbonyl (C=O) groups excluding carboxylic acids is 3. The number of hydrogen-bond acceptors (Lipinski definition) is 11. The molecule has 2 aliphatic rings. The van der Waals surface area contributed by atoms with E-state index in [2.05, 4.69) is 20.5 Å². The second-order valence-electron chi connectivity index (χ2n) is 9.30. The summed E-state index contributed by atoms with van der Waals surface area (Å²) in [7, 11) is 0. The van der Waals surface area contributed by atoms with Crippen LogP contribution in [0.1, 0.15) is 31.9 Å². The zero-order valence-corrected chi connectivity index (χ0v) is 22.1. The minimum absolute atomic E-state index is 0.0178. The van der Waals surface area contributed by atoms with Gasteiger partial charge in [-0.3, -0.25) is 19.5 Å². The lowest BCUT2D eigenvalue weighted by Crippen LogP contribution is -2.26. The first-order valence-corrected chi connectivity index (χ1v) is 13.0. The molecule has 41 heavy (non-hydrogen) atoms. The minimum atomic E-state index is -0.558. The highest BCUT2D eigenvalue weighted by Gasteiger charge is 2.33. The Balaban J connectivity index is 1.14. The number of benzene rings is 1. The normalized spacial score (nSPS) is 18.0. The van der Waals surface area contributed by atoms with Crippen molar-refractivity contribution in [3.63, 3.8) is 0 Å². The lowest BCUT2D eigenvalue weighted by molar-refractivity contribution is -0.152. The molecule has 0 bridgehead atoms. The first-order chi connectivity index (χ1) is 19.9. The average Bonchev–Trinajstić information content (AvgIpc) is 3.73. The SMILES string of the molecule is CCOC(=O)CCC(=O)OCC1CC(c2ccc(-c3ccc(N4C[C@H](Cn5ccnn5)OC4=O)cc3F)cn2)=NO1. The summed E-state index contributed by atoms with van der Waals surface area (Å²) in [5.74, 6) is -1.50. The summed E-state index contributed by atoms with van der Waals surface area (Å²) in [5, 5.41) is 11.6. The first-order valence-electron chi connectivity index (χ1n) is 13.0. The van der Waals surface area contributed by atoms with Crippen molar-refractivity contribution in [1.29, 1.82) is 0 Å². The molecule has 2 aliphatic heterocycles. The number of amides is 1. The standard InChI is InChI=1S/C27H27FN6O7/c1-2-38-25(35)7-8-26(36)39-16-19-12-24(31-41-19)23-6-3-17(13-29-23)21-5-4-18(11-22(21)28)34-15-20(40-27(34)37)14-33-10-9-30-32-33/h3-6,9-11,13,19-20H,2,7-8,12,14-16H2,1H3/t19?,20-/m0/s1. The van der Waals surface area contributed by atoms with E-state index in [1.165, 1.54) is 23.4 Å². The molecule has 0 aliphatic carbocycles. The molecular weight excluding hydrogens is 539 g/mol. The minimum Gasteiger partial charge on any atom is -0.466 e. The lowest BCUT2D eigenvalue weighted by Gasteiger charge is -2.14. The predicted molar refractivity (Wildman–Crippen MR) is 140 cm³/mol. The monoisotopic (exact) mass is 566 g/mol. The summed E-state index contributed by atoms with van der Waals surface area (Å²) in [5.41, 5.74) is 2.34. The maximum absolute atomic E-state index is 15.1. The molecule has 1 fully saturated rings. The topological polar surface area (TPSA) is 147 Å². The van der Waals surface area contributed by atoms with Crippen LogP contribution in [0.15, 0.2) is 54.1 Å². The van der Waals surface area contributed by atoms with E-state index in [-0.39, 0.29) is 32.6 Å². The van der Waals surface area contributed by atoms with Crippen molar-refractivity contribution in [1.82, 2.24) is 20.0 Å². The molecular formula is C27H27FN6O7. The maximum atomic E-state index is 15.1. The van der Waals surface area contributed by atoms with E-state index in [4.69, 9.17) is 19.0 Å². The number of nitrogens with zero attached hydrogens (tertiary/aromatic N) is 6. The van der Waals surface area contributed by atoms with Gasteiger partial charge in [0.2, 0.25) is 0 Å². The first kappa shape index (κ1) is 27.7. The number of anilines is 1. The molecule has 4 heterocycles. The van der Waals surface area contributed by atoms with Gasteiger partial charge in [-0.25, -0.2) is 13.9 Å². The molecule has 1 unspecified atom stereocenters. The number of esters is 2. The fourth-order valence-electron chi connectivity index (χ4n) is 4.36. The van der Waals surface area contributed by atoms with E-state index in [0.717, 1.165) is 0 Å². The third kappa shape index (κ3) is 6.83. The van der Waals surface area contributed by atoms with Crippen molar-refractivity contribution in [2.75, 3.05) is 24.7 Å². The number of ether oxygens (including phenoxy) is 3. The van der Waals surface area contributed by atoms with Gasteiger partial charge in [0.05, 0.1) is 50.1 Å². The Hall–Kier alpha value is -4.88. The van der Waals surface area contributed by atoms with Gasteiger partial charge in [0, 0.05) is 29.9 Å². The van der Waals surface area contributed by atoms with E-state index in [1.807, 2.05) is 0 Å². The zero-order chi connectivity index (χ0) is 28.8. The van der Waals surface area contributed by atoms with Crippen LogP contribution >= 0.6 is 0 Å². The van der Waals surface area contributed by atoms with Crippen molar-refractivity contribution in [2.24, 2.45) is 5.16 Å². The van der Waals surface area contributed by atoms with E-state index in [9.17, 15) is 14.4 Å². The molecule has 2 aromatic heterocycles. The quantitative estimate of drug-likeness (QED) is 0.251. The second kappa shape index (κ2) is 12.5. The molecule has 0 radical (unpaired) electrons. The van der Waals surface area contributed by atoms with Crippen LogP contribution in [0, 0.1) is 5.82 Å². The largest absolute Gasteiger partial charge is 0.466 e. The Bertz CT molecular complexity index is 1430. The predicted octanol–water partition coefficient (Wildman–Crippen LogP) is 2.88. The summed E-state index contributed by atoms with van der Waals surface area (Å²) in [4.78, 5) is 46.7. The van der Waals surface area contributed by atoms with Gasteiger partial charge in [-0.05, 0) is 31.2 Å². The Morgan fingerprint density at radius 1 is 1.12 bits per heavy atom. The van der Waals surface area contributed by atoms with Crippen molar-refractivity contribution < 1.29 is 37.8 Å². The van der Waals surface area contributed by atoms with Crippen molar-refractivity contribution in [3.8, 4) is 11.1 Å². The highest BCUT2D eigenvalue weighted by Crippen LogP contribution is 2.29. The van der Waals surface area contributed by atoms with Gasteiger partial charge in [0.15, 0.2) is 6.10 Å². The van der Waals surface area contributed by atoms with Crippen LogP contribution < -0.4 is 4.90 Å². The summed E-state index contributed by atoms with van der Waals surface area (Å²) < 4.78 is 32.0. The third-order valence-corrected chi connectivity index (χ3v) is 6.37. The molecule has 214 valence electrons. The van der Waals surface area contributed by atoms with Crippen molar-refractivity contribution >= 4 is 29.4 Å². The number of oxime groups is 1. The lowest BCUT2D eigenvalue weighted by atomic mass is 10.0. The molecule has 13 nitrogen and oxygen atoms in total. The van der Waals surface area contributed by atoms with E-state index in [0.29, 0.717) is 41.2 Å². The van der Waals surface area contributed by atoms with Crippen molar-refractivity contribution in [2.45, 2.75) is 44.9 Å². The molecule has 0 saturated carbocycles. The van der Waals surface area contributed by atoms with E-state index in [1.54, 1.807) is 42.1 Å². The van der Waals surface area contributed by atoms with Crippen LogP contribution in [-0.4, -0.2) is 75.7 Å². The Morgan fingerprint density at radius 2 is 1.95 bits per heavy atom. The maximum Gasteiger partial charge on any atom is 0.414 e. The fraction of sp³-hybridized carbons (Fsp3) is 0.370. The second-order valence-corrected chi connectivity index (χ2v) is 9.30. The van der Waals surface area contributed by atoms with Crippen molar-refractivity contribution in [3.05, 3.63) is 60.4 Å². The molecule has 3 aromatic rings. The molecule has 2 atom stereocenters. The Labute approximate surface area is 233 Å². The smallest absolute Gasteiger partial charge is 0.414 e. The van der Waals surface area contributed by atoms with Gasteiger partial charge < -0.3 is 19.0 Å². The third-order valence-electron chi connectivity index (χ3n) is 6.37. The van der Waals surface area contributed by atoms with Crippen LogP contribution in [-0.2, 0) is 35.2 Å². The van der Waals surface area contributed by atoms with Gasteiger partial charge in [0.25, 0.3) is 0 Å². The average molecular weight is 567 g/mol. The van der Waals surface area contributed by atoms with E-state index < -0.39 is 36.1 Å². The van der Waals surface area contributed by atoms with Gasteiger partial charge >= 0.3 is 18.0 Å². The molecule has 0 spiro atoms. The fourth-order valence-corrected chi connectivity index (χ4v) is 4.36. The van der Waals surface area contributed by atoms with Crippen LogP contribution in [0.25, 0.3) is 11.1 Å². The van der Waals surface area contributed by atoms with Gasteiger partial charge in [0.1, 0.15) is 24.2 Å². The Kier molecular flexibility index (Phi) is 8.46. The van der Waals surface area contributed by atoms with Gasteiger partial charge in [-0.1, -0.05) is 16.4 Å². The number of rotatable bonds is 11. The van der Waals surface area contributed by atoms with Crippen LogP contribution in [0.5, 0.6) is 0 Å². The molecule has 0 N–H and O–H groups in total. The molecule has 1 amide bonds. The number of halogens is 1. The summed E-state index contributed by atoms with van der Waals surface area (Å²) >= 11 is 0. The van der Waals surface area contributed by atoms with Gasteiger partial charge in [-0.2, -0.15) is 0 Å². The molecule has 5 rings (SSSR count). The number of cyclic esters (lactones) is 1. The van der Waals surface area contributed by atoms with Gasteiger partial charge in [-0.15, -0.1) is 5.10 Å². The summed E-state index contributed by atoms with van der Waals surface area (Å²) in [6.45, 7) is 2.53. The highest BCUT2D eigenvalue weighted by atomic mass is 19.1. The number of aromatic nitrogens is 4. The molecule has 14 heteroatoms. The summed E-state index contributed by atoms with van der Waals surface area (Å²) in [6, 6.07) is 7.94. The molecule has 1 saturated heterocycles. The number of hydrogen-bond donors (Lipinski definition) is 0. The van der Waals surface area contributed by atoms with E-state index >= 15 is 4.39 Å². The number of carbonyl (C=O) groups is 3.